The van der Waals surface area contributed by atoms with Crippen LogP contribution in [-0.2, 0) is 22.7 Å². The average Bonchev–Trinajstić information content (AvgIpc) is 3.16. The molecule has 1 N–H and O–H groups in total. The highest BCUT2D eigenvalue weighted by Gasteiger charge is 2.34. The molecule has 7 nitrogen and oxygen atoms in total. The van der Waals surface area contributed by atoms with E-state index in [4.69, 9.17) is 4.42 Å². The molecule has 1 saturated heterocycles. The molecule has 0 aromatic carbocycles. The van der Waals surface area contributed by atoms with Gasteiger partial charge in [-0.05, 0) is 43.7 Å². The van der Waals surface area contributed by atoms with Crippen LogP contribution >= 0.6 is 0 Å². The van der Waals surface area contributed by atoms with Crippen LogP contribution in [0.2, 0.25) is 0 Å². The molecule has 0 aliphatic carbocycles. The monoisotopic (exact) mass is 370 g/mol. The first-order valence-corrected chi connectivity index (χ1v) is 9.27. The number of hydrogen-bond donors (Lipinski definition) is 1. The summed E-state index contributed by atoms with van der Waals surface area (Å²) in [5.74, 6) is 0.562. The molecule has 0 spiro atoms. The van der Waals surface area contributed by atoms with Crippen LogP contribution in [0.5, 0.6) is 0 Å². The van der Waals surface area contributed by atoms with Gasteiger partial charge in [-0.3, -0.25) is 19.5 Å². The second-order valence-corrected chi connectivity index (χ2v) is 7.03. The van der Waals surface area contributed by atoms with Crippen LogP contribution in [0, 0.1) is 0 Å². The molecular weight excluding hydrogens is 344 g/mol. The molecule has 1 atom stereocenters. The predicted molar refractivity (Wildman–Crippen MR) is 100 cm³/mol. The van der Waals surface area contributed by atoms with Crippen LogP contribution in [0.25, 0.3) is 0 Å². The van der Waals surface area contributed by atoms with E-state index in [0.717, 1.165) is 12.1 Å². The molecule has 7 heteroatoms. The summed E-state index contributed by atoms with van der Waals surface area (Å²) in [6, 6.07) is 7.18. The Bertz CT molecular complexity index is 746. The molecule has 144 valence electrons. The van der Waals surface area contributed by atoms with Crippen molar-refractivity contribution in [3.05, 3.63) is 54.2 Å². The fourth-order valence-electron chi connectivity index (χ4n) is 3.39. The maximum atomic E-state index is 13.1. The Morgan fingerprint density at radius 2 is 2.11 bits per heavy atom. The summed E-state index contributed by atoms with van der Waals surface area (Å²) in [5, 5.41) is 2.88. The van der Waals surface area contributed by atoms with Gasteiger partial charge in [0.25, 0.3) is 0 Å². The summed E-state index contributed by atoms with van der Waals surface area (Å²) in [5.41, 5.74) is 0.985. The van der Waals surface area contributed by atoms with Crippen molar-refractivity contribution in [3.8, 4) is 0 Å². The molecule has 2 amide bonds. The lowest BCUT2D eigenvalue weighted by atomic mass is 10.1. The second-order valence-electron chi connectivity index (χ2n) is 7.03. The van der Waals surface area contributed by atoms with Gasteiger partial charge in [-0.25, -0.2) is 0 Å². The molecule has 3 heterocycles. The number of piperazine rings is 1. The molecule has 1 aliphatic heterocycles. The fourth-order valence-corrected chi connectivity index (χ4v) is 3.39. The normalized spacial score (nSPS) is 17.7. The zero-order valence-electron chi connectivity index (χ0n) is 15.8. The molecule has 2 aromatic rings. The van der Waals surface area contributed by atoms with Gasteiger partial charge in [0.1, 0.15) is 5.76 Å². The number of rotatable bonds is 7. The van der Waals surface area contributed by atoms with Crippen molar-refractivity contribution in [1.29, 1.82) is 0 Å². The highest BCUT2D eigenvalue weighted by atomic mass is 16.3. The van der Waals surface area contributed by atoms with Crippen molar-refractivity contribution in [2.24, 2.45) is 0 Å². The van der Waals surface area contributed by atoms with E-state index in [1.165, 1.54) is 0 Å². The Balaban J connectivity index is 1.75. The molecule has 0 bridgehead atoms. The average molecular weight is 370 g/mol. The predicted octanol–water partition coefficient (Wildman–Crippen LogP) is 1.80. The van der Waals surface area contributed by atoms with Gasteiger partial charge in [0, 0.05) is 38.1 Å². The number of carbonyl (C=O) groups is 2. The molecule has 2 aromatic heterocycles. The fraction of sp³-hybridized carbons (Fsp3) is 0.450. The van der Waals surface area contributed by atoms with Gasteiger partial charge in [0.05, 0.1) is 25.3 Å². The van der Waals surface area contributed by atoms with Gasteiger partial charge in [0.2, 0.25) is 11.8 Å². The van der Waals surface area contributed by atoms with Crippen molar-refractivity contribution >= 4 is 11.8 Å². The number of carbonyl (C=O) groups excluding carboxylic acids is 2. The zero-order chi connectivity index (χ0) is 19.2. The molecule has 1 aliphatic rings. The van der Waals surface area contributed by atoms with Crippen LogP contribution in [0.4, 0.5) is 0 Å². The van der Waals surface area contributed by atoms with Crippen molar-refractivity contribution in [3.63, 3.8) is 0 Å². The van der Waals surface area contributed by atoms with E-state index >= 15 is 0 Å². The number of hydrogen-bond acceptors (Lipinski definition) is 5. The Labute approximate surface area is 159 Å². The van der Waals surface area contributed by atoms with Crippen LogP contribution in [0.15, 0.2) is 47.3 Å². The molecule has 1 fully saturated rings. The molecule has 27 heavy (non-hydrogen) atoms. The van der Waals surface area contributed by atoms with E-state index in [-0.39, 0.29) is 24.3 Å². The first kappa shape index (κ1) is 19.1. The third-order valence-corrected chi connectivity index (χ3v) is 4.81. The third kappa shape index (κ3) is 4.95. The minimum atomic E-state index is -0.442. The van der Waals surface area contributed by atoms with Gasteiger partial charge < -0.3 is 14.6 Å². The summed E-state index contributed by atoms with van der Waals surface area (Å²) in [6.07, 6.45) is 5.16. The number of amides is 2. The van der Waals surface area contributed by atoms with E-state index in [1.807, 2.05) is 32.0 Å². The Hall–Kier alpha value is -2.67. The van der Waals surface area contributed by atoms with Gasteiger partial charge in [-0.2, -0.15) is 0 Å². The summed E-state index contributed by atoms with van der Waals surface area (Å²) in [7, 11) is 0. The minimum Gasteiger partial charge on any atom is -0.467 e. The lowest BCUT2D eigenvalue weighted by Crippen LogP contribution is -2.58. The summed E-state index contributed by atoms with van der Waals surface area (Å²) in [6.45, 7) is 6.28. The van der Waals surface area contributed by atoms with Crippen LogP contribution in [0.1, 0.15) is 31.6 Å². The zero-order valence-corrected chi connectivity index (χ0v) is 15.8. The molecule has 0 radical (unpaired) electrons. The first-order chi connectivity index (χ1) is 13.0. The number of furan rings is 1. The summed E-state index contributed by atoms with van der Waals surface area (Å²) < 4.78 is 5.43. The minimum absolute atomic E-state index is 0.0732. The highest BCUT2D eigenvalue weighted by molar-refractivity contribution is 5.88. The van der Waals surface area contributed by atoms with Gasteiger partial charge in [-0.1, -0.05) is 0 Å². The van der Waals surface area contributed by atoms with Gasteiger partial charge in [-0.15, -0.1) is 0 Å². The quantitative estimate of drug-likeness (QED) is 0.804. The van der Waals surface area contributed by atoms with Gasteiger partial charge in [0.15, 0.2) is 0 Å². The van der Waals surface area contributed by atoms with E-state index in [2.05, 4.69) is 15.2 Å². The molecule has 3 rings (SSSR count). The summed E-state index contributed by atoms with van der Waals surface area (Å²) in [4.78, 5) is 33.4. The van der Waals surface area contributed by atoms with E-state index in [0.29, 0.717) is 25.4 Å². The number of nitrogens with zero attached hydrogens (tertiary/aromatic N) is 3. The van der Waals surface area contributed by atoms with E-state index < -0.39 is 6.04 Å². The SMILES string of the molecule is CC(C)N1CCNC(=O)[C@@H]1CC(=O)N(Cc1ccncc1)Cc1ccco1. The molecular formula is C20H26N4O3. The lowest BCUT2D eigenvalue weighted by Gasteiger charge is -2.38. The van der Waals surface area contributed by atoms with E-state index in [1.54, 1.807) is 29.6 Å². The Morgan fingerprint density at radius 1 is 1.33 bits per heavy atom. The molecule has 0 unspecified atom stereocenters. The smallest absolute Gasteiger partial charge is 0.237 e. The summed E-state index contributed by atoms with van der Waals surface area (Å²) >= 11 is 0. The van der Waals surface area contributed by atoms with Crippen molar-refractivity contribution < 1.29 is 14.0 Å². The number of aromatic nitrogens is 1. The van der Waals surface area contributed by atoms with Crippen molar-refractivity contribution in [2.75, 3.05) is 13.1 Å². The molecule has 0 saturated carbocycles. The number of nitrogens with one attached hydrogen (secondary N) is 1. The Morgan fingerprint density at radius 3 is 2.78 bits per heavy atom. The Kier molecular flexibility index (Phi) is 6.24. The standard InChI is InChI=1S/C20H26N4O3/c1-15(2)24-10-9-22-20(26)18(24)12-19(25)23(14-17-4-3-11-27-17)13-16-5-7-21-8-6-16/h3-8,11,15,18H,9-10,12-14H2,1-2H3,(H,22,26)/t18-/m0/s1. The van der Waals surface area contributed by atoms with Gasteiger partial charge >= 0.3 is 0 Å². The number of pyridine rings is 1. The second kappa shape index (κ2) is 8.81. The maximum absolute atomic E-state index is 13.1. The van der Waals surface area contributed by atoms with Crippen molar-refractivity contribution in [2.45, 2.75) is 45.4 Å². The maximum Gasteiger partial charge on any atom is 0.237 e. The van der Waals surface area contributed by atoms with Crippen molar-refractivity contribution in [1.82, 2.24) is 20.1 Å². The van der Waals surface area contributed by atoms with Crippen LogP contribution < -0.4 is 5.32 Å². The lowest BCUT2D eigenvalue weighted by molar-refractivity contribution is -0.140. The van der Waals surface area contributed by atoms with E-state index in [9.17, 15) is 9.59 Å². The highest BCUT2D eigenvalue weighted by Crippen LogP contribution is 2.17. The van der Waals surface area contributed by atoms with Crippen LogP contribution in [0.3, 0.4) is 0 Å². The van der Waals surface area contributed by atoms with Crippen LogP contribution in [-0.4, -0.2) is 51.8 Å². The topological polar surface area (TPSA) is 78.7 Å². The first-order valence-electron chi connectivity index (χ1n) is 9.27. The third-order valence-electron chi connectivity index (χ3n) is 4.81. The largest absolute Gasteiger partial charge is 0.467 e.